The number of carbonyl (C=O) groups excluding carboxylic acids is 1. The zero-order chi connectivity index (χ0) is 15.1. The Kier molecular flexibility index (Phi) is 6.02. The summed E-state index contributed by atoms with van der Waals surface area (Å²) >= 11 is 0. The second-order valence-corrected chi connectivity index (χ2v) is 5.47. The average Bonchev–Trinajstić information content (AvgIpc) is 2.53. The van der Waals surface area contributed by atoms with E-state index in [0.717, 1.165) is 45.0 Å². The average molecular weight is 291 g/mol. The minimum absolute atomic E-state index is 0.258. The van der Waals surface area contributed by atoms with Gasteiger partial charge in [-0.15, -0.1) is 0 Å². The van der Waals surface area contributed by atoms with Crippen molar-refractivity contribution in [3.05, 3.63) is 29.8 Å². The van der Waals surface area contributed by atoms with Crippen LogP contribution < -0.4 is 10.1 Å². The van der Waals surface area contributed by atoms with Crippen LogP contribution >= 0.6 is 0 Å². The van der Waals surface area contributed by atoms with Crippen molar-refractivity contribution < 1.29 is 9.53 Å². The Morgan fingerprint density at radius 3 is 2.86 bits per heavy atom. The number of amides is 1. The first-order valence-electron chi connectivity index (χ1n) is 7.49. The largest absolute Gasteiger partial charge is 0.497 e. The van der Waals surface area contributed by atoms with Gasteiger partial charge in [0, 0.05) is 45.7 Å². The highest BCUT2D eigenvalue weighted by atomic mass is 16.5. The third kappa shape index (κ3) is 5.02. The highest BCUT2D eigenvalue weighted by molar-refractivity contribution is 5.76. The fourth-order valence-electron chi connectivity index (χ4n) is 2.52. The van der Waals surface area contributed by atoms with Crippen LogP contribution in [0.5, 0.6) is 5.75 Å². The maximum absolute atomic E-state index is 12.1. The summed E-state index contributed by atoms with van der Waals surface area (Å²) in [5.74, 6) is 1.13. The van der Waals surface area contributed by atoms with E-state index in [2.05, 4.69) is 16.3 Å². The Balaban J connectivity index is 1.75. The van der Waals surface area contributed by atoms with Crippen LogP contribution in [0.4, 0.5) is 0 Å². The van der Waals surface area contributed by atoms with Gasteiger partial charge in [-0.1, -0.05) is 12.1 Å². The predicted molar refractivity (Wildman–Crippen MR) is 83.4 cm³/mol. The van der Waals surface area contributed by atoms with Gasteiger partial charge in [-0.2, -0.15) is 0 Å². The lowest BCUT2D eigenvalue weighted by Gasteiger charge is -2.28. The first kappa shape index (κ1) is 15.8. The molecule has 0 unspecified atom stereocenters. The standard InChI is InChI=1S/C16H25N3O2/c1-18(13-14-4-3-5-15(12-14)21-2)9-6-16(20)19-10-7-17-8-11-19/h3-5,12,17H,6-11,13H2,1-2H3. The number of nitrogens with zero attached hydrogens (tertiary/aromatic N) is 2. The fourth-order valence-corrected chi connectivity index (χ4v) is 2.52. The van der Waals surface area contributed by atoms with Crippen molar-refractivity contribution in [2.75, 3.05) is 46.9 Å². The van der Waals surface area contributed by atoms with E-state index in [1.807, 2.05) is 30.1 Å². The molecule has 21 heavy (non-hydrogen) atoms. The highest BCUT2D eigenvalue weighted by Crippen LogP contribution is 2.14. The molecule has 0 atom stereocenters. The van der Waals surface area contributed by atoms with Crippen LogP contribution in [0.25, 0.3) is 0 Å². The van der Waals surface area contributed by atoms with Crippen LogP contribution in [-0.4, -0.2) is 62.6 Å². The molecule has 1 amide bonds. The lowest BCUT2D eigenvalue weighted by Crippen LogP contribution is -2.47. The number of ether oxygens (including phenoxy) is 1. The van der Waals surface area contributed by atoms with Gasteiger partial charge in [0.25, 0.3) is 0 Å². The van der Waals surface area contributed by atoms with Gasteiger partial charge < -0.3 is 19.9 Å². The number of nitrogens with one attached hydrogen (secondary N) is 1. The summed E-state index contributed by atoms with van der Waals surface area (Å²) in [6.07, 6.45) is 0.584. The van der Waals surface area contributed by atoms with Gasteiger partial charge in [-0.25, -0.2) is 0 Å². The molecule has 1 N–H and O–H groups in total. The first-order valence-corrected chi connectivity index (χ1v) is 7.49. The lowest BCUT2D eigenvalue weighted by molar-refractivity contribution is -0.132. The van der Waals surface area contributed by atoms with Crippen LogP contribution in [0.15, 0.2) is 24.3 Å². The van der Waals surface area contributed by atoms with Gasteiger partial charge >= 0.3 is 0 Å². The molecule has 1 heterocycles. The topological polar surface area (TPSA) is 44.8 Å². The van der Waals surface area contributed by atoms with E-state index in [4.69, 9.17) is 4.74 Å². The van der Waals surface area contributed by atoms with Crippen molar-refractivity contribution in [3.63, 3.8) is 0 Å². The van der Waals surface area contributed by atoms with Crippen LogP contribution in [0.1, 0.15) is 12.0 Å². The number of benzene rings is 1. The fraction of sp³-hybridized carbons (Fsp3) is 0.562. The molecular weight excluding hydrogens is 266 g/mol. The summed E-state index contributed by atoms with van der Waals surface area (Å²) in [5, 5.41) is 3.26. The maximum Gasteiger partial charge on any atom is 0.223 e. The van der Waals surface area contributed by atoms with Gasteiger partial charge in [0.1, 0.15) is 5.75 Å². The Morgan fingerprint density at radius 1 is 1.38 bits per heavy atom. The van der Waals surface area contributed by atoms with Crippen molar-refractivity contribution in [2.24, 2.45) is 0 Å². The summed E-state index contributed by atoms with van der Waals surface area (Å²) in [4.78, 5) is 16.2. The first-order chi connectivity index (χ1) is 10.2. The normalized spacial score (nSPS) is 15.3. The number of carbonyl (C=O) groups is 1. The summed E-state index contributed by atoms with van der Waals surface area (Å²) in [6, 6.07) is 8.05. The molecule has 1 saturated heterocycles. The van der Waals surface area contributed by atoms with Gasteiger partial charge in [0.2, 0.25) is 5.91 Å². The van der Waals surface area contributed by atoms with E-state index in [1.54, 1.807) is 7.11 Å². The molecule has 5 heteroatoms. The molecule has 0 aromatic heterocycles. The van der Waals surface area contributed by atoms with E-state index in [1.165, 1.54) is 5.56 Å². The van der Waals surface area contributed by atoms with Crippen molar-refractivity contribution in [2.45, 2.75) is 13.0 Å². The van der Waals surface area contributed by atoms with Crippen LogP contribution in [0.3, 0.4) is 0 Å². The Bertz CT molecular complexity index is 459. The Morgan fingerprint density at radius 2 is 2.14 bits per heavy atom. The smallest absolute Gasteiger partial charge is 0.223 e. The van der Waals surface area contributed by atoms with Crippen LogP contribution in [0.2, 0.25) is 0 Å². The Hall–Kier alpha value is -1.59. The van der Waals surface area contributed by atoms with Crippen molar-refractivity contribution in [1.29, 1.82) is 0 Å². The van der Waals surface area contributed by atoms with E-state index < -0.39 is 0 Å². The van der Waals surface area contributed by atoms with Crippen molar-refractivity contribution in [3.8, 4) is 5.75 Å². The number of piperazine rings is 1. The zero-order valence-corrected chi connectivity index (χ0v) is 13.0. The van der Waals surface area contributed by atoms with Gasteiger partial charge in [0.15, 0.2) is 0 Å². The molecule has 1 aromatic rings. The molecule has 1 aromatic carbocycles. The number of methoxy groups -OCH3 is 1. The second kappa shape index (κ2) is 8.00. The number of rotatable bonds is 6. The monoisotopic (exact) mass is 291 g/mol. The third-order valence-corrected chi connectivity index (χ3v) is 3.76. The number of hydrogen-bond acceptors (Lipinski definition) is 4. The lowest BCUT2D eigenvalue weighted by atomic mass is 10.2. The summed E-state index contributed by atoms with van der Waals surface area (Å²) in [7, 11) is 3.72. The minimum Gasteiger partial charge on any atom is -0.497 e. The summed E-state index contributed by atoms with van der Waals surface area (Å²) < 4.78 is 5.23. The predicted octanol–water partition coefficient (Wildman–Crippen LogP) is 0.949. The maximum atomic E-state index is 12.1. The molecule has 116 valence electrons. The molecule has 5 nitrogen and oxygen atoms in total. The molecule has 0 saturated carbocycles. The molecule has 2 rings (SSSR count). The van der Waals surface area contributed by atoms with Crippen molar-refractivity contribution in [1.82, 2.24) is 15.1 Å². The highest BCUT2D eigenvalue weighted by Gasteiger charge is 2.16. The second-order valence-electron chi connectivity index (χ2n) is 5.47. The van der Waals surface area contributed by atoms with Crippen LogP contribution in [0, 0.1) is 0 Å². The molecule has 0 bridgehead atoms. The zero-order valence-electron chi connectivity index (χ0n) is 13.0. The van der Waals surface area contributed by atoms with E-state index in [9.17, 15) is 4.79 Å². The molecule has 1 aliphatic heterocycles. The molecule has 1 fully saturated rings. The van der Waals surface area contributed by atoms with E-state index >= 15 is 0 Å². The number of hydrogen-bond donors (Lipinski definition) is 1. The molecule has 0 radical (unpaired) electrons. The quantitative estimate of drug-likeness (QED) is 0.847. The molecule has 0 aliphatic carbocycles. The Labute approximate surface area is 126 Å². The van der Waals surface area contributed by atoms with Gasteiger partial charge in [-0.05, 0) is 24.7 Å². The molecule has 1 aliphatic rings. The van der Waals surface area contributed by atoms with Gasteiger partial charge in [0.05, 0.1) is 7.11 Å². The van der Waals surface area contributed by atoms with E-state index in [-0.39, 0.29) is 5.91 Å². The minimum atomic E-state index is 0.258. The summed E-state index contributed by atoms with van der Waals surface area (Å²) in [6.45, 7) is 5.08. The van der Waals surface area contributed by atoms with Crippen LogP contribution in [-0.2, 0) is 11.3 Å². The van der Waals surface area contributed by atoms with E-state index in [0.29, 0.717) is 6.42 Å². The summed E-state index contributed by atoms with van der Waals surface area (Å²) in [5.41, 5.74) is 1.20. The molecule has 0 spiro atoms. The molecular formula is C16H25N3O2. The van der Waals surface area contributed by atoms with Gasteiger partial charge in [-0.3, -0.25) is 4.79 Å². The third-order valence-electron chi connectivity index (χ3n) is 3.76. The SMILES string of the molecule is COc1cccc(CN(C)CCC(=O)N2CCNCC2)c1. The van der Waals surface area contributed by atoms with Crippen molar-refractivity contribution >= 4 is 5.91 Å².